The highest BCUT2D eigenvalue weighted by atomic mass is 16.6. The molecule has 0 saturated heterocycles. The first-order chi connectivity index (χ1) is 14.0. The second-order valence-electron chi connectivity index (χ2n) is 11.1. The van der Waals surface area contributed by atoms with Gasteiger partial charge in [0.2, 0.25) is 0 Å². The first-order valence-corrected chi connectivity index (χ1v) is 11.9. The Morgan fingerprint density at radius 2 is 1.90 bits per heavy atom. The Kier molecular flexibility index (Phi) is 8.60. The van der Waals surface area contributed by atoms with E-state index in [4.69, 9.17) is 4.74 Å². The summed E-state index contributed by atoms with van der Waals surface area (Å²) in [6.07, 6.45) is 7.05. The molecule has 4 atom stereocenters. The summed E-state index contributed by atoms with van der Waals surface area (Å²) in [6.45, 7) is 14.3. The molecule has 6 nitrogen and oxygen atoms in total. The predicted molar refractivity (Wildman–Crippen MR) is 119 cm³/mol. The van der Waals surface area contributed by atoms with Crippen LogP contribution in [0.5, 0.6) is 0 Å². The summed E-state index contributed by atoms with van der Waals surface area (Å²) in [5.41, 5.74) is -0.404. The van der Waals surface area contributed by atoms with Crippen LogP contribution in [-0.4, -0.2) is 41.9 Å². The molecule has 0 aromatic rings. The lowest BCUT2D eigenvalue weighted by atomic mass is 9.91. The third kappa shape index (κ3) is 7.75. The Labute approximate surface area is 182 Å². The SMILES string of the molecule is CCCCNCC(CC1CC1)[C@H]1[C@H](CCC(NC(=O)OC(C)(C)C)C(=O)O)C1(C)C. The number of alkyl carbamates (subject to hydrolysis) is 1. The maximum atomic E-state index is 12.0. The van der Waals surface area contributed by atoms with Crippen molar-refractivity contribution >= 4 is 12.1 Å². The first-order valence-electron chi connectivity index (χ1n) is 11.9. The number of carboxylic acids is 1. The summed E-state index contributed by atoms with van der Waals surface area (Å²) >= 11 is 0. The van der Waals surface area contributed by atoms with Crippen LogP contribution in [-0.2, 0) is 9.53 Å². The molecule has 2 fully saturated rings. The second kappa shape index (κ2) is 10.3. The largest absolute Gasteiger partial charge is 0.480 e. The fourth-order valence-corrected chi connectivity index (χ4v) is 5.06. The van der Waals surface area contributed by atoms with Crippen LogP contribution in [0.4, 0.5) is 4.79 Å². The summed E-state index contributed by atoms with van der Waals surface area (Å²) in [5.74, 6) is 1.70. The molecule has 3 N–H and O–H groups in total. The van der Waals surface area contributed by atoms with Gasteiger partial charge in [-0.2, -0.15) is 0 Å². The standard InChI is InChI=1S/C24H44N2O4/c1-7-8-13-25-15-17(14-16-9-10-16)20-18(24(20,5)6)11-12-19(21(27)28)26-22(29)30-23(2,3)4/h16-20,25H,7-15H2,1-6H3,(H,26,29)(H,27,28)/t17?,18-,19?,20-/m0/s1. The van der Waals surface area contributed by atoms with Gasteiger partial charge in [0.05, 0.1) is 0 Å². The van der Waals surface area contributed by atoms with E-state index in [1.807, 2.05) is 0 Å². The van der Waals surface area contributed by atoms with Gasteiger partial charge in [-0.25, -0.2) is 9.59 Å². The van der Waals surface area contributed by atoms with Crippen LogP contribution in [0.1, 0.15) is 86.5 Å². The zero-order valence-corrected chi connectivity index (χ0v) is 19.9. The molecular weight excluding hydrogens is 380 g/mol. The normalized spacial score (nSPS) is 24.7. The lowest BCUT2D eigenvalue weighted by Crippen LogP contribution is -2.43. The molecule has 174 valence electrons. The third-order valence-electron chi connectivity index (χ3n) is 6.85. The minimum atomic E-state index is -0.994. The minimum Gasteiger partial charge on any atom is -0.480 e. The van der Waals surface area contributed by atoms with Gasteiger partial charge in [0.15, 0.2) is 0 Å². The van der Waals surface area contributed by atoms with Crippen molar-refractivity contribution in [1.29, 1.82) is 0 Å². The van der Waals surface area contributed by atoms with Gasteiger partial charge in [0, 0.05) is 0 Å². The number of nitrogens with one attached hydrogen (secondary N) is 2. The smallest absolute Gasteiger partial charge is 0.408 e. The van der Waals surface area contributed by atoms with E-state index in [1.54, 1.807) is 20.8 Å². The monoisotopic (exact) mass is 424 g/mol. The number of rotatable bonds is 13. The van der Waals surface area contributed by atoms with E-state index in [9.17, 15) is 14.7 Å². The summed E-state index contributed by atoms with van der Waals surface area (Å²) < 4.78 is 5.23. The molecule has 2 saturated carbocycles. The molecule has 2 aliphatic rings. The Morgan fingerprint density at radius 1 is 1.23 bits per heavy atom. The van der Waals surface area contributed by atoms with Crippen LogP contribution in [0, 0.1) is 29.1 Å². The molecule has 30 heavy (non-hydrogen) atoms. The Balaban J connectivity index is 1.89. The molecule has 0 aromatic heterocycles. The number of carbonyl (C=O) groups is 2. The van der Waals surface area contributed by atoms with Crippen LogP contribution >= 0.6 is 0 Å². The van der Waals surface area contributed by atoms with E-state index in [2.05, 4.69) is 31.4 Å². The van der Waals surface area contributed by atoms with Gasteiger partial charge in [-0.05, 0) is 88.6 Å². The van der Waals surface area contributed by atoms with Crippen molar-refractivity contribution in [2.24, 2.45) is 29.1 Å². The topological polar surface area (TPSA) is 87.7 Å². The molecule has 2 unspecified atom stereocenters. The van der Waals surface area contributed by atoms with Crippen molar-refractivity contribution in [3.63, 3.8) is 0 Å². The van der Waals surface area contributed by atoms with Crippen molar-refractivity contribution in [2.45, 2.75) is 98.1 Å². The molecule has 2 rings (SSSR count). The van der Waals surface area contributed by atoms with E-state index in [-0.39, 0.29) is 5.41 Å². The zero-order chi connectivity index (χ0) is 22.5. The van der Waals surface area contributed by atoms with E-state index >= 15 is 0 Å². The fourth-order valence-electron chi connectivity index (χ4n) is 5.06. The molecule has 6 heteroatoms. The molecule has 0 spiro atoms. The van der Waals surface area contributed by atoms with Crippen LogP contribution in [0.25, 0.3) is 0 Å². The van der Waals surface area contributed by atoms with Gasteiger partial charge in [0.1, 0.15) is 11.6 Å². The van der Waals surface area contributed by atoms with Crippen LogP contribution in [0.2, 0.25) is 0 Å². The number of hydrogen-bond donors (Lipinski definition) is 3. The fraction of sp³-hybridized carbons (Fsp3) is 0.917. The highest BCUT2D eigenvalue weighted by Crippen LogP contribution is 2.65. The molecular formula is C24H44N2O4. The molecule has 0 bridgehead atoms. The van der Waals surface area contributed by atoms with E-state index in [1.165, 1.54) is 32.1 Å². The summed E-state index contributed by atoms with van der Waals surface area (Å²) in [6, 6.07) is -0.901. The van der Waals surface area contributed by atoms with E-state index < -0.39 is 23.7 Å². The number of amides is 1. The molecule has 0 aromatic carbocycles. The number of hydrogen-bond acceptors (Lipinski definition) is 4. The molecule has 0 heterocycles. The quantitative estimate of drug-likeness (QED) is 0.369. The van der Waals surface area contributed by atoms with E-state index in [0.29, 0.717) is 24.2 Å². The van der Waals surface area contributed by atoms with Gasteiger partial charge in [-0.1, -0.05) is 40.0 Å². The number of carboxylic acid groups (broad SMARTS) is 1. The van der Waals surface area contributed by atoms with Crippen molar-refractivity contribution in [1.82, 2.24) is 10.6 Å². The molecule has 0 aliphatic heterocycles. The van der Waals surface area contributed by atoms with Crippen molar-refractivity contribution < 1.29 is 19.4 Å². The van der Waals surface area contributed by atoms with Crippen LogP contribution in [0.15, 0.2) is 0 Å². The minimum absolute atomic E-state index is 0.237. The van der Waals surface area contributed by atoms with Gasteiger partial charge >= 0.3 is 12.1 Å². The Morgan fingerprint density at radius 3 is 2.43 bits per heavy atom. The third-order valence-corrected chi connectivity index (χ3v) is 6.85. The van der Waals surface area contributed by atoms with Crippen molar-refractivity contribution in [3.8, 4) is 0 Å². The maximum absolute atomic E-state index is 12.0. The van der Waals surface area contributed by atoms with Crippen LogP contribution < -0.4 is 10.6 Å². The first kappa shape index (κ1) is 25.0. The molecule has 2 aliphatic carbocycles. The van der Waals surface area contributed by atoms with Crippen molar-refractivity contribution in [3.05, 3.63) is 0 Å². The van der Waals surface area contributed by atoms with Gasteiger partial charge in [-0.3, -0.25) is 0 Å². The maximum Gasteiger partial charge on any atom is 0.408 e. The van der Waals surface area contributed by atoms with Gasteiger partial charge in [0.25, 0.3) is 0 Å². The summed E-state index contributed by atoms with van der Waals surface area (Å²) in [4.78, 5) is 23.7. The summed E-state index contributed by atoms with van der Waals surface area (Å²) in [5, 5.41) is 15.8. The Hall–Kier alpha value is -1.30. The highest BCUT2D eigenvalue weighted by Gasteiger charge is 2.60. The van der Waals surface area contributed by atoms with Gasteiger partial charge < -0.3 is 20.5 Å². The number of aliphatic carboxylic acids is 1. The number of carbonyl (C=O) groups excluding carboxylic acids is 1. The van der Waals surface area contributed by atoms with Gasteiger partial charge in [-0.15, -0.1) is 0 Å². The molecule has 0 radical (unpaired) electrons. The highest BCUT2D eigenvalue weighted by molar-refractivity contribution is 5.79. The lowest BCUT2D eigenvalue weighted by Gasteiger charge is -2.22. The predicted octanol–water partition coefficient (Wildman–Crippen LogP) is 4.82. The van der Waals surface area contributed by atoms with Crippen molar-refractivity contribution in [2.75, 3.05) is 13.1 Å². The summed E-state index contributed by atoms with van der Waals surface area (Å²) in [7, 11) is 0. The average Bonchev–Trinajstić information content (AvgIpc) is 3.50. The van der Waals surface area contributed by atoms with E-state index in [0.717, 1.165) is 25.4 Å². The Bertz CT molecular complexity index is 580. The average molecular weight is 425 g/mol. The number of unbranched alkanes of at least 4 members (excludes halogenated alkanes) is 1. The zero-order valence-electron chi connectivity index (χ0n) is 19.9. The number of ether oxygens (including phenoxy) is 1. The lowest BCUT2D eigenvalue weighted by molar-refractivity contribution is -0.139. The molecule has 1 amide bonds. The van der Waals surface area contributed by atoms with Crippen LogP contribution in [0.3, 0.4) is 0 Å². The second-order valence-corrected chi connectivity index (χ2v) is 11.1.